The molecule has 4 rings (SSSR count). The van der Waals surface area contributed by atoms with Gasteiger partial charge in [-0.3, -0.25) is 0 Å². The Balaban J connectivity index is 1.78. The van der Waals surface area contributed by atoms with Crippen LogP contribution >= 0.6 is 0 Å². The van der Waals surface area contributed by atoms with Crippen molar-refractivity contribution in [1.29, 1.82) is 0 Å². The van der Waals surface area contributed by atoms with E-state index in [0.29, 0.717) is 23.4 Å². The molecule has 0 amide bonds. The van der Waals surface area contributed by atoms with Crippen LogP contribution < -0.4 is 0 Å². The molecule has 1 saturated heterocycles. The van der Waals surface area contributed by atoms with Crippen molar-refractivity contribution in [1.82, 2.24) is 0 Å². The predicted molar refractivity (Wildman–Crippen MR) is 69.8 cm³/mol. The van der Waals surface area contributed by atoms with E-state index >= 15 is 0 Å². The molecule has 17 heavy (non-hydrogen) atoms. The van der Waals surface area contributed by atoms with E-state index in [4.69, 9.17) is 9.31 Å². The molecule has 1 aliphatic heterocycles. The van der Waals surface area contributed by atoms with Gasteiger partial charge in [0.1, 0.15) is 0 Å². The first-order valence-corrected chi connectivity index (χ1v) is 7.17. The maximum atomic E-state index is 6.33. The molecule has 2 bridgehead atoms. The van der Waals surface area contributed by atoms with E-state index < -0.39 is 0 Å². The summed E-state index contributed by atoms with van der Waals surface area (Å²) in [7, 11) is 0.0418. The summed E-state index contributed by atoms with van der Waals surface area (Å²) in [6.45, 7) is 11.6. The second-order valence-corrected chi connectivity index (χ2v) is 7.53. The van der Waals surface area contributed by atoms with E-state index in [9.17, 15) is 0 Å². The molecule has 0 N–H and O–H groups in total. The lowest BCUT2D eigenvalue weighted by Gasteiger charge is -2.64. The van der Waals surface area contributed by atoms with Crippen LogP contribution in [0.1, 0.15) is 47.5 Å². The molecule has 0 aromatic heterocycles. The van der Waals surface area contributed by atoms with Crippen LogP contribution in [0, 0.1) is 23.2 Å². The van der Waals surface area contributed by atoms with Crippen LogP contribution in [0.15, 0.2) is 0 Å². The Morgan fingerprint density at radius 1 is 1.24 bits per heavy atom. The van der Waals surface area contributed by atoms with Gasteiger partial charge in [0.05, 0.1) is 11.7 Å². The van der Waals surface area contributed by atoms with Crippen molar-refractivity contribution >= 4 is 7.12 Å². The van der Waals surface area contributed by atoms with E-state index in [1.807, 2.05) is 0 Å². The van der Waals surface area contributed by atoms with Crippen molar-refractivity contribution < 1.29 is 9.31 Å². The summed E-state index contributed by atoms with van der Waals surface area (Å²) in [5.74, 6) is 2.19. The zero-order valence-electron chi connectivity index (χ0n) is 11.8. The number of hydrogen-bond acceptors (Lipinski definition) is 2. The van der Waals surface area contributed by atoms with Gasteiger partial charge in [0.2, 0.25) is 0 Å². The van der Waals surface area contributed by atoms with E-state index in [0.717, 1.165) is 12.2 Å². The molecule has 3 aliphatic carbocycles. The molecule has 2 nitrogen and oxygen atoms in total. The zero-order chi connectivity index (χ0) is 12.4. The SMILES string of the molecule is CC(C)CB1O[C@H]2C[C@H]3C[C@H](C3(C)C)[C@@]2(C)O1. The van der Waals surface area contributed by atoms with Crippen molar-refractivity contribution in [3.8, 4) is 0 Å². The summed E-state index contributed by atoms with van der Waals surface area (Å²) in [6, 6.07) is 0. The van der Waals surface area contributed by atoms with Crippen LogP contribution in [0.4, 0.5) is 0 Å². The van der Waals surface area contributed by atoms with Crippen molar-refractivity contribution in [3.63, 3.8) is 0 Å². The first-order chi connectivity index (χ1) is 7.84. The third kappa shape index (κ3) is 1.54. The lowest BCUT2D eigenvalue weighted by Crippen LogP contribution is -2.65. The zero-order valence-corrected chi connectivity index (χ0v) is 11.8. The van der Waals surface area contributed by atoms with Gasteiger partial charge >= 0.3 is 7.12 Å². The summed E-state index contributed by atoms with van der Waals surface area (Å²) in [4.78, 5) is 0. The van der Waals surface area contributed by atoms with Crippen LogP contribution in [0.5, 0.6) is 0 Å². The monoisotopic (exact) mass is 236 g/mol. The van der Waals surface area contributed by atoms with Crippen LogP contribution in [-0.4, -0.2) is 18.8 Å². The standard InChI is InChI=1S/C14H25BO2/c1-9(2)8-15-16-12-7-10-6-11(13(10,3)4)14(12,5)17-15/h9-12H,6-8H2,1-5H3/t10-,11-,12+,14-/m1/s1. The molecule has 0 unspecified atom stereocenters. The van der Waals surface area contributed by atoms with Gasteiger partial charge < -0.3 is 9.31 Å². The summed E-state index contributed by atoms with van der Waals surface area (Å²) in [5.41, 5.74) is 0.444. The fourth-order valence-corrected chi connectivity index (χ4v) is 4.44. The lowest BCUT2D eigenvalue weighted by atomic mass is 9.43. The molecule has 3 heteroatoms. The molecule has 0 aromatic rings. The highest BCUT2D eigenvalue weighted by molar-refractivity contribution is 6.45. The third-order valence-corrected chi connectivity index (χ3v) is 5.67. The number of rotatable bonds is 2. The fourth-order valence-electron chi connectivity index (χ4n) is 4.44. The normalized spacial score (nSPS) is 46.9. The molecule has 96 valence electrons. The van der Waals surface area contributed by atoms with Crippen LogP contribution in [-0.2, 0) is 9.31 Å². The van der Waals surface area contributed by atoms with Gasteiger partial charge in [-0.05, 0) is 49.3 Å². The van der Waals surface area contributed by atoms with E-state index in [1.165, 1.54) is 12.8 Å². The van der Waals surface area contributed by atoms with Gasteiger partial charge in [0.15, 0.2) is 0 Å². The second kappa shape index (κ2) is 3.51. The Morgan fingerprint density at radius 2 is 1.94 bits per heavy atom. The topological polar surface area (TPSA) is 18.5 Å². The smallest absolute Gasteiger partial charge is 0.405 e. The molecule has 4 fully saturated rings. The molecular formula is C14H25BO2. The summed E-state index contributed by atoms with van der Waals surface area (Å²) < 4.78 is 12.5. The summed E-state index contributed by atoms with van der Waals surface area (Å²) in [5, 5.41) is 0. The summed E-state index contributed by atoms with van der Waals surface area (Å²) >= 11 is 0. The maximum absolute atomic E-state index is 6.33. The minimum absolute atomic E-state index is 0.0161. The predicted octanol–water partition coefficient (Wildman–Crippen LogP) is 3.37. The molecule has 0 aromatic carbocycles. The average Bonchev–Trinajstić information content (AvgIpc) is 2.51. The van der Waals surface area contributed by atoms with Gasteiger partial charge in [0.25, 0.3) is 0 Å². The first-order valence-electron chi connectivity index (χ1n) is 7.17. The average molecular weight is 236 g/mol. The molecule has 0 spiro atoms. The Kier molecular flexibility index (Phi) is 2.49. The molecule has 1 heterocycles. The van der Waals surface area contributed by atoms with Gasteiger partial charge in [-0.1, -0.05) is 27.7 Å². The molecule has 3 saturated carbocycles. The van der Waals surface area contributed by atoms with E-state index in [1.54, 1.807) is 0 Å². The largest absolute Gasteiger partial charge is 0.457 e. The van der Waals surface area contributed by atoms with Gasteiger partial charge in [0, 0.05) is 0 Å². The molecular weight excluding hydrogens is 211 g/mol. The van der Waals surface area contributed by atoms with Crippen LogP contribution in [0.25, 0.3) is 0 Å². The van der Waals surface area contributed by atoms with Gasteiger partial charge in [-0.2, -0.15) is 0 Å². The van der Waals surface area contributed by atoms with Crippen molar-refractivity contribution in [2.75, 3.05) is 0 Å². The van der Waals surface area contributed by atoms with Gasteiger partial charge in [-0.15, -0.1) is 0 Å². The quantitative estimate of drug-likeness (QED) is 0.684. The minimum Gasteiger partial charge on any atom is -0.405 e. The summed E-state index contributed by atoms with van der Waals surface area (Å²) in [6.07, 6.45) is 3.93. The highest BCUT2D eigenvalue weighted by atomic mass is 16.7. The maximum Gasteiger partial charge on any atom is 0.457 e. The van der Waals surface area contributed by atoms with Crippen LogP contribution in [0.3, 0.4) is 0 Å². The Bertz CT molecular complexity index is 328. The molecule has 4 atom stereocenters. The second-order valence-electron chi connectivity index (χ2n) is 7.53. The Hall–Kier alpha value is -0.0151. The highest BCUT2D eigenvalue weighted by Crippen LogP contribution is 2.65. The molecule has 0 radical (unpaired) electrons. The molecule has 4 aliphatic rings. The Labute approximate surface area is 106 Å². The highest BCUT2D eigenvalue weighted by Gasteiger charge is 2.67. The third-order valence-electron chi connectivity index (χ3n) is 5.67. The van der Waals surface area contributed by atoms with Gasteiger partial charge in [-0.25, -0.2) is 0 Å². The first kappa shape index (κ1) is 12.0. The van der Waals surface area contributed by atoms with Crippen molar-refractivity contribution in [2.24, 2.45) is 23.2 Å². The fraction of sp³-hybridized carbons (Fsp3) is 1.00. The van der Waals surface area contributed by atoms with Crippen LogP contribution in [0.2, 0.25) is 6.32 Å². The lowest BCUT2D eigenvalue weighted by molar-refractivity contribution is -0.199. The minimum atomic E-state index is -0.0161. The Morgan fingerprint density at radius 3 is 2.53 bits per heavy atom. The van der Waals surface area contributed by atoms with Crippen molar-refractivity contribution in [2.45, 2.75) is 65.5 Å². The van der Waals surface area contributed by atoms with E-state index in [2.05, 4.69) is 34.6 Å². The van der Waals surface area contributed by atoms with Crippen molar-refractivity contribution in [3.05, 3.63) is 0 Å². The van der Waals surface area contributed by atoms with E-state index in [-0.39, 0.29) is 12.7 Å². The number of hydrogen-bond donors (Lipinski definition) is 0.